The fourth-order valence-corrected chi connectivity index (χ4v) is 3.40. The summed E-state index contributed by atoms with van der Waals surface area (Å²) in [4.78, 5) is 32.6. The molecule has 9 heteroatoms. The van der Waals surface area contributed by atoms with Gasteiger partial charge in [0.1, 0.15) is 5.60 Å². The summed E-state index contributed by atoms with van der Waals surface area (Å²) in [6, 6.07) is 13.1. The molecule has 34 heavy (non-hydrogen) atoms. The highest BCUT2D eigenvalue weighted by Gasteiger charge is 2.30. The van der Waals surface area contributed by atoms with Crippen molar-refractivity contribution in [3.63, 3.8) is 0 Å². The zero-order valence-corrected chi connectivity index (χ0v) is 20.6. The number of hydrogen-bond acceptors (Lipinski definition) is 5. The molecular weight excluding hydrogens is 479 g/mol. The third-order valence-electron chi connectivity index (χ3n) is 5.28. The Hall–Kier alpha value is -3.29. The van der Waals surface area contributed by atoms with Crippen LogP contribution >= 0.6 is 23.2 Å². The van der Waals surface area contributed by atoms with Crippen LogP contribution < -0.4 is 0 Å². The molecule has 0 unspecified atom stereocenters. The minimum Gasteiger partial charge on any atom is -0.494 e. The number of halogens is 2. The first-order chi connectivity index (χ1) is 16.1. The second-order valence-corrected chi connectivity index (χ2v) is 8.92. The lowest BCUT2D eigenvalue weighted by Crippen LogP contribution is -2.26. The van der Waals surface area contributed by atoms with E-state index in [1.165, 1.54) is 7.11 Å². The topological polar surface area (TPSA) is 101 Å². The van der Waals surface area contributed by atoms with Crippen molar-refractivity contribution in [2.75, 3.05) is 7.11 Å². The second kappa shape index (κ2) is 10.3. The molecule has 0 radical (unpaired) electrons. The van der Waals surface area contributed by atoms with Crippen LogP contribution in [-0.2, 0) is 9.47 Å². The molecule has 7 nitrogen and oxygen atoms in total. The third kappa shape index (κ3) is 5.61. The lowest BCUT2D eigenvalue weighted by atomic mass is 9.97. The summed E-state index contributed by atoms with van der Waals surface area (Å²) in [7, 11) is 1.22. The van der Waals surface area contributed by atoms with Crippen molar-refractivity contribution >= 4 is 41.0 Å². The maximum absolute atomic E-state index is 12.9. The molecule has 0 aliphatic rings. The smallest absolute Gasteiger partial charge is 0.434 e. The zero-order chi connectivity index (χ0) is 25.0. The highest BCUT2D eigenvalue weighted by Crippen LogP contribution is 2.35. The molecule has 2 N–H and O–H groups in total. The van der Waals surface area contributed by atoms with E-state index in [0.29, 0.717) is 27.6 Å². The van der Waals surface area contributed by atoms with Crippen LogP contribution in [-0.4, -0.2) is 40.6 Å². The fraction of sp³-hybridized carbons (Fsp3) is 0.240. The first-order valence-corrected chi connectivity index (χ1v) is 11.2. The number of aliphatic imine (C=N–C) groups is 1. The number of rotatable bonds is 6. The Balaban J connectivity index is 2.27. The van der Waals surface area contributed by atoms with Crippen molar-refractivity contribution < 1.29 is 24.2 Å². The van der Waals surface area contributed by atoms with Crippen molar-refractivity contribution in [2.24, 2.45) is 4.99 Å². The van der Waals surface area contributed by atoms with Gasteiger partial charge in [0.15, 0.2) is 5.88 Å². The standard InChI is InChI=1S/C25H24Cl2N2O5/c1-5-25(2,3)34-24(32)29-20(14-6-10-16(26)11-7-14)18-19(23(31)33-4)21(28-22(18)30)15-8-12-17(27)13-9-15/h6-13,28,30H,5H2,1-4H3/b29-20+. The summed E-state index contributed by atoms with van der Waals surface area (Å²) in [6.07, 6.45) is -0.310. The molecule has 0 aliphatic carbocycles. The number of methoxy groups -OCH3 is 1. The molecule has 1 heterocycles. The van der Waals surface area contributed by atoms with E-state index in [9.17, 15) is 14.7 Å². The molecule has 0 fully saturated rings. The number of nitrogens with zero attached hydrogens (tertiary/aromatic N) is 1. The van der Waals surface area contributed by atoms with E-state index in [1.54, 1.807) is 62.4 Å². The first-order valence-electron chi connectivity index (χ1n) is 10.4. The van der Waals surface area contributed by atoms with Crippen molar-refractivity contribution in [1.82, 2.24) is 4.98 Å². The molecular formula is C25H24Cl2N2O5. The average molecular weight is 503 g/mol. The maximum Gasteiger partial charge on any atom is 0.434 e. The van der Waals surface area contributed by atoms with Gasteiger partial charge in [-0.15, -0.1) is 0 Å². The number of amides is 1. The van der Waals surface area contributed by atoms with E-state index in [4.69, 9.17) is 32.7 Å². The van der Waals surface area contributed by atoms with Crippen LogP contribution in [0.3, 0.4) is 0 Å². The van der Waals surface area contributed by atoms with E-state index in [-0.39, 0.29) is 28.4 Å². The van der Waals surface area contributed by atoms with Gasteiger partial charge in [0, 0.05) is 15.6 Å². The zero-order valence-electron chi connectivity index (χ0n) is 19.1. The number of ether oxygens (including phenoxy) is 2. The number of esters is 1. The van der Waals surface area contributed by atoms with Crippen LogP contribution in [0, 0.1) is 0 Å². The number of aromatic amines is 1. The molecule has 1 aromatic heterocycles. The van der Waals surface area contributed by atoms with Gasteiger partial charge in [-0.3, -0.25) is 0 Å². The highest BCUT2D eigenvalue weighted by atomic mass is 35.5. The van der Waals surface area contributed by atoms with Crippen LogP contribution in [0.1, 0.15) is 48.7 Å². The fourth-order valence-electron chi connectivity index (χ4n) is 3.15. The number of nitrogens with one attached hydrogen (secondary N) is 1. The highest BCUT2D eigenvalue weighted by molar-refractivity contribution is 6.31. The van der Waals surface area contributed by atoms with E-state index in [1.807, 2.05) is 6.92 Å². The molecule has 0 atom stereocenters. The summed E-state index contributed by atoms with van der Waals surface area (Å²) in [5.74, 6) is -1.11. The predicted octanol–water partition coefficient (Wildman–Crippen LogP) is 6.64. The van der Waals surface area contributed by atoms with Crippen LogP contribution in [0.15, 0.2) is 53.5 Å². The van der Waals surface area contributed by atoms with Gasteiger partial charge in [-0.1, -0.05) is 54.4 Å². The Morgan fingerprint density at radius 3 is 2.09 bits per heavy atom. The number of aromatic nitrogens is 1. The van der Waals surface area contributed by atoms with E-state index >= 15 is 0 Å². The predicted molar refractivity (Wildman–Crippen MR) is 132 cm³/mol. The van der Waals surface area contributed by atoms with Gasteiger partial charge in [0.05, 0.1) is 29.6 Å². The summed E-state index contributed by atoms with van der Waals surface area (Å²) >= 11 is 12.0. The Kier molecular flexibility index (Phi) is 7.69. The quantitative estimate of drug-likeness (QED) is 0.290. The van der Waals surface area contributed by atoms with Gasteiger partial charge < -0.3 is 19.6 Å². The lowest BCUT2D eigenvalue weighted by Gasteiger charge is -2.22. The normalized spacial score (nSPS) is 11.9. The maximum atomic E-state index is 12.9. The van der Waals surface area contributed by atoms with Crippen molar-refractivity contribution in [3.8, 4) is 17.1 Å². The molecule has 0 saturated carbocycles. The monoisotopic (exact) mass is 502 g/mol. The second-order valence-electron chi connectivity index (χ2n) is 8.05. The summed E-state index contributed by atoms with van der Waals surface area (Å²) in [6.45, 7) is 5.40. The SMILES string of the molecule is CCC(C)(C)OC(=O)/N=C(\c1ccc(Cl)cc1)c1c(O)[nH]c(-c2ccc(Cl)cc2)c1C(=O)OC. The molecule has 0 aliphatic heterocycles. The molecule has 2 aromatic carbocycles. The van der Waals surface area contributed by atoms with Gasteiger partial charge in [-0.25, -0.2) is 9.59 Å². The number of benzene rings is 2. The number of aromatic hydroxyl groups is 1. The number of H-pyrrole nitrogens is 1. The molecule has 3 aromatic rings. The Morgan fingerprint density at radius 2 is 1.56 bits per heavy atom. The van der Waals surface area contributed by atoms with Gasteiger partial charge in [0.25, 0.3) is 0 Å². The molecule has 0 saturated heterocycles. The van der Waals surface area contributed by atoms with Crippen LogP contribution in [0.25, 0.3) is 11.3 Å². The van der Waals surface area contributed by atoms with Gasteiger partial charge in [-0.2, -0.15) is 4.99 Å². The van der Waals surface area contributed by atoms with Gasteiger partial charge in [0.2, 0.25) is 0 Å². The number of carbonyl (C=O) groups excluding carboxylic acids is 2. The summed E-state index contributed by atoms with van der Waals surface area (Å²) < 4.78 is 10.5. The Bertz CT molecular complexity index is 1230. The summed E-state index contributed by atoms with van der Waals surface area (Å²) in [5, 5.41) is 11.9. The Labute approximate surface area is 207 Å². The lowest BCUT2D eigenvalue weighted by molar-refractivity contribution is 0.0432. The van der Waals surface area contributed by atoms with Gasteiger partial charge >= 0.3 is 12.1 Å². The minimum absolute atomic E-state index is 0.00132. The number of carbonyl (C=O) groups is 2. The van der Waals surface area contributed by atoms with Crippen LogP contribution in [0.4, 0.5) is 4.79 Å². The minimum atomic E-state index is -0.874. The molecule has 3 rings (SSSR count). The van der Waals surface area contributed by atoms with Crippen LogP contribution in [0.2, 0.25) is 10.0 Å². The van der Waals surface area contributed by atoms with Gasteiger partial charge in [-0.05, 0) is 50.1 Å². The first kappa shape index (κ1) is 25.3. The van der Waals surface area contributed by atoms with Crippen LogP contribution in [0.5, 0.6) is 5.88 Å². The van der Waals surface area contributed by atoms with Crippen molar-refractivity contribution in [2.45, 2.75) is 32.8 Å². The molecule has 0 spiro atoms. The van der Waals surface area contributed by atoms with Crippen molar-refractivity contribution in [1.29, 1.82) is 0 Å². The summed E-state index contributed by atoms with van der Waals surface area (Å²) in [5.41, 5.74) is 0.520. The van der Waals surface area contributed by atoms with E-state index < -0.39 is 17.7 Å². The molecule has 1 amide bonds. The Morgan fingerprint density at radius 1 is 1.00 bits per heavy atom. The van der Waals surface area contributed by atoms with E-state index in [0.717, 1.165) is 0 Å². The average Bonchev–Trinajstić information content (AvgIpc) is 3.14. The van der Waals surface area contributed by atoms with E-state index in [2.05, 4.69) is 9.98 Å². The molecule has 0 bridgehead atoms. The van der Waals surface area contributed by atoms with Crippen molar-refractivity contribution in [3.05, 3.63) is 75.3 Å². The third-order valence-corrected chi connectivity index (χ3v) is 5.78. The number of hydrogen-bond donors (Lipinski definition) is 2. The largest absolute Gasteiger partial charge is 0.494 e. The molecule has 178 valence electrons.